The van der Waals surface area contributed by atoms with Gasteiger partial charge < -0.3 is 9.40 Å². The number of aryl methyl sites for hydroxylation is 1. The standard InChI is InChI=1S/C32H43N3O4/c1-8-12-13-14-15-27(33-39-22(5)36)30(37)23-16-18-28-25(20-23)26-21-24(17-19-29(26)35(28)11-4)31(38)32(6,7)34(9-2)10-3/h16-21H,8-15H2,1-7H3/b33-27+. The molecule has 0 aliphatic carbocycles. The van der Waals surface area contributed by atoms with Gasteiger partial charge in [-0.25, -0.2) is 4.79 Å². The Hall–Kier alpha value is -3.32. The van der Waals surface area contributed by atoms with E-state index in [1.807, 2.05) is 44.2 Å². The summed E-state index contributed by atoms with van der Waals surface area (Å²) in [6, 6.07) is 11.5. The Kier molecular flexibility index (Phi) is 10.2. The number of unbranched alkanes of at least 4 members (excludes halogenated alkanes) is 3. The number of oxime groups is 1. The van der Waals surface area contributed by atoms with E-state index in [9.17, 15) is 14.4 Å². The van der Waals surface area contributed by atoms with Crippen LogP contribution in [0.3, 0.4) is 0 Å². The second-order valence-corrected chi connectivity index (χ2v) is 10.5. The Balaban J connectivity index is 2.09. The summed E-state index contributed by atoms with van der Waals surface area (Å²) in [5, 5.41) is 5.76. The van der Waals surface area contributed by atoms with Crippen molar-refractivity contribution in [2.24, 2.45) is 5.16 Å². The van der Waals surface area contributed by atoms with Crippen molar-refractivity contribution in [1.29, 1.82) is 0 Å². The lowest BCUT2D eigenvalue weighted by Crippen LogP contribution is -2.49. The fourth-order valence-corrected chi connectivity index (χ4v) is 5.44. The van der Waals surface area contributed by atoms with Crippen LogP contribution in [0.15, 0.2) is 41.6 Å². The van der Waals surface area contributed by atoms with Crippen LogP contribution in [0.5, 0.6) is 0 Å². The molecule has 0 radical (unpaired) electrons. The van der Waals surface area contributed by atoms with Gasteiger partial charge >= 0.3 is 5.97 Å². The molecule has 0 saturated carbocycles. The van der Waals surface area contributed by atoms with Crippen molar-refractivity contribution in [2.45, 2.75) is 92.7 Å². The van der Waals surface area contributed by atoms with Crippen molar-refractivity contribution >= 4 is 45.1 Å². The number of carbonyl (C=O) groups excluding carboxylic acids is 3. The maximum absolute atomic E-state index is 13.7. The van der Waals surface area contributed by atoms with Crippen molar-refractivity contribution in [3.05, 3.63) is 47.5 Å². The highest BCUT2D eigenvalue weighted by Gasteiger charge is 2.33. The Labute approximate surface area is 232 Å². The summed E-state index contributed by atoms with van der Waals surface area (Å²) < 4.78 is 2.20. The molecule has 3 rings (SSSR count). The normalized spacial score (nSPS) is 12.5. The Morgan fingerprint density at radius 3 is 2.00 bits per heavy atom. The lowest BCUT2D eigenvalue weighted by atomic mass is 9.90. The highest BCUT2D eigenvalue weighted by molar-refractivity contribution is 6.46. The number of fused-ring (bicyclic) bond motifs is 3. The lowest BCUT2D eigenvalue weighted by molar-refractivity contribution is -0.140. The molecule has 0 fully saturated rings. The number of hydrogen-bond acceptors (Lipinski definition) is 6. The molecule has 0 unspecified atom stereocenters. The smallest absolute Gasteiger partial charge is 0.331 e. The van der Waals surface area contributed by atoms with Crippen LogP contribution in [0.25, 0.3) is 21.8 Å². The first kappa shape index (κ1) is 30.2. The second kappa shape index (κ2) is 13.2. The third kappa shape index (κ3) is 6.47. The molecule has 0 N–H and O–H groups in total. The van der Waals surface area contributed by atoms with Gasteiger partial charge in [-0.05, 0) is 83.1 Å². The summed E-state index contributed by atoms with van der Waals surface area (Å²) in [6.45, 7) is 15.9. The molecule has 0 atom stereocenters. The van der Waals surface area contributed by atoms with Gasteiger partial charge in [0.2, 0.25) is 5.78 Å². The van der Waals surface area contributed by atoms with Crippen molar-refractivity contribution in [1.82, 2.24) is 9.47 Å². The summed E-state index contributed by atoms with van der Waals surface area (Å²) in [4.78, 5) is 45.6. The highest BCUT2D eigenvalue weighted by atomic mass is 16.7. The van der Waals surface area contributed by atoms with Crippen LogP contribution in [-0.4, -0.2) is 51.3 Å². The molecule has 1 aromatic heterocycles. The zero-order chi connectivity index (χ0) is 28.7. The number of benzene rings is 2. The molecule has 0 spiro atoms. The van der Waals surface area contributed by atoms with Gasteiger partial charge in [0.1, 0.15) is 5.71 Å². The van der Waals surface area contributed by atoms with E-state index in [0.717, 1.165) is 67.1 Å². The summed E-state index contributed by atoms with van der Waals surface area (Å²) in [7, 11) is 0. The fourth-order valence-electron chi connectivity index (χ4n) is 5.44. The van der Waals surface area contributed by atoms with Crippen molar-refractivity contribution in [2.75, 3.05) is 13.1 Å². The topological polar surface area (TPSA) is 81.0 Å². The molecule has 0 aliphatic heterocycles. The van der Waals surface area contributed by atoms with Crippen LogP contribution in [0, 0.1) is 0 Å². The molecule has 7 nitrogen and oxygen atoms in total. The van der Waals surface area contributed by atoms with Crippen molar-refractivity contribution in [3.8, 4) is 0 Å². The number of Topliss-reactive ketones (excluding diaryl/α,β-unsaturated/α-hetero) is 2. The van der Waals surface area contributed by atoms with E-state index < -0.39 is 11.5 Å². The summed E-state index contributed by atoms with van der Waals surface area (Å²) in [6.07, 6.45) is 4.38. The van der Waals surface area contributed by atoms with Gasteiger partial charge in [0.25, 0.3) is 0 Å². The first-order chi connectivity index (χ1) is 18.6. The van der Waals surface area contributed by atoms with E-state index in [0.29, 0.717) is 17.5 Å². The van der Waals surface area contributed by atoms with E-state index in [1.54, 1.807) is 6.07 Å². The maximum Gasteiger partial charge on any atom is 0.331 e. The third-order valence-electron chi connectivity index (χ3n) is 7.63. The quantitative estimate of drug-likeness (QED) is 0.0720. The van der Waals surface area contributed by atoms with Crippen LogP contribution in [0.1, 0.15) is 101 Å². The van der Waals surface area contributed by atoms with Crippen LogP contribution < -0.4 is 0 Å². The Morgan fingerprint density at radius 1 is 0.872 bits per heavy atom. The van der Waals surface area contributed by atoms with E-state index in [2.05, 4.69) is 42.3 Å². The number of aromatic nitrogens is 1. The average molecular weight is 534 g/mol. The largest absolute Gasteiger partial charge is 0.341 e. The van der Waals surface area contributed by atoms with E-state index in [1.165, 1.54) is 6.92 Å². The molecule has 1 heterocycles. The predicted molar refractivity (Wildman–Crippen MR) is 159 cm³/mol. The number of nitrogens with zero attached hydrogens (tertiary/aromatic N) is 3. The zero-order valence-corrected chi connectivity index (χ0v) is 24.6. The minimum absolute atomic E-state index is 0.0700. The molecule has 3 aromatic rings. The Bertz CT molecular complexity index is 1380. The molecular formula is C32H43N3O4. The van der Waals surface area contributed by atoms with Gasteiger partial charge in [-0.15, -0.1) is 0 Å². The van der Waals surface area contributed by atoms with E-state index >= 15 is 0 Å². The van der Waals surface area contributed by atoms with E-state index in [-0.39, 0.29) is 17.3 Å². The minimum Gasteiger partial charge on any atom is -0.341 e. The molecule has 0 bridgehead atoms. The van der Waals surface area contributed by atoms with Crippen molar-refractivity contribution in [3.63, 3.8) is 0 Å². The Morgan fingerprint density at radius 2 is 1.46 bits per heavy atom. The summed E-state index contributed by atoms with van der Waals surface area (Å²) >= 11 is 0. The SMILES string of the molecule is CCCCCC/C(=N\OC(C)=O)C(=O)c1ccc2c(c1)c1cc(C(=O)C(C)(C)N(CC)CC)ccc1n2CC. The van der Waals surface area contributed by atoms with Gasteiger partial charge in [-0.3, -0.25) is 14.5 Å². The molecule has 0 aliphatic rings. The number of likely N-dealkylation sites (N-methyl/N-ethyl adjacent to an activating group) is 1. The van der Waals surface area contributed by atoms with E-state index in [4.69, 9.17) is 4.84 Å². The molecule has 0 amide bonds. The van der Waals surface area contributed by atoms with Crippen LogP contribution in [0.2, 0.25) is 0 Å². The van der Waals surface area contributed by atoms with Crippen LogP contribution in [-0.2, 0) is 16.2 Å². The molecule has 0 saturated heterocycles. The maximum atomic E-state index is 13.7. The van der Waals surface area contributed by atoms with Crippen LogP contribution in [0.4, 0.5) is 0 Å². The number of rotatable bonds is 14. The molecule has 210 valence electrons. The average Bonchev–Trinajstić information content (AvgIpc) is 3.24. The minimum atomic E-state index is -0.638. The number of hydrogen-bond donors (Lipinski definition) is 0. The van der Waals surface area contributed by atoms with Gasteiger partial charge in [-0.2, -0.15) is 0 Å². The number of carbonyl (C=O) groups is 3. The predicted octanol–water partition coefficient (Wildman–Crippen LogP) is 7.19. The molecule has 39 heavy (non-hydrogen) atoms. The first-order valence-corrected chi connectivity index (χ1v) is 14.3. The molecular weight excluding hydrogens is 490 g/mol. The van der Waals surface area contributed by atoms with Gasteiger partial charge in [0, 0.05) is 46.4 Å². The highest BCUT2D eigenvalue weighted by Crippen LogP contribution is 2.32. The zero-order valence-electron chi connectivity index (χ0n) is 24.6. The number of ketones is 2. The monoisotopic (exact) mass is 533 g/mol. The van der Waals surface area contributed by atoms with Crippen molar-refractivity contribution < 1.29 is 19.2 Å². The molecule has 7 heteroatoms. The van der Waals surface area contributed by atoms with Crippen LogP contribution >= 0.6 is 0 Å². The summed E-state index contributed by atoms with van der Waals surface area (Å²) in [5.41, 5.74) is 2.76. The lowest BCUT2D eigenvalue weighted by Gasteiger charge is -2.35. The van der Waals surface area contributed by atoms with Gasteiger partial charge in [-0.1, -0.05) is 45.2 Å². The van der Waals surface area contributed by atoms with Gasteiger partial charge in [0.15, 0.2) is 5.78 Å². The first-order valence-electron chi connectivity index (χ1n) is 14.3. The molecule has 2 aromatic carbocycles. The summed E-state index contributed by atoms with van der Waals surface area (Å²) in [5.74, 6) is -0.734. The third-order valence-corrected chi connectivity index (χ3v) is 7.63. The second-order valence-electron chi connectivity index (χ2n) is 10.5. The van der Waals surface area contributed by atoms with Gasteiger partial charge in [0.05, 0.1) is 5.54 Å². The fraction of sp³-hybridized carbons (Fsp3) is 0.500.